The third kappa shape index (κ3) is 0.920. The highest BCUT2D eigenvalue weighted by Crippen LogP contribution is 2.52. The first-order valence-electron chi connectivity index (χ1n) is 3.49. The molecule has 0 bridgehead atoms. The first kappa shape index (κ1) is 12.7. The van der Waals surface area contributed by atoms with E-state index in [0.29, 0.717) is 0 Å². The average molecular weight is 230 g/mol. The Bertz CT molecular complexity index is 199. The Morgan fingerprint density at radius 3 is 0.400 bits per heavy atom. The van der Waals surface area contributed by atoms with Gasteiger partial charge in [0.05, 0.1) is 0 Å². The van der Waals surface area contributed by atoms with Gasteiger partial charge in [0.25, 0.3) is 28.9 Å². The van der Waals surface area contributed by atoms with Crippen LogP contribution in [-0.4, -0.2) is 80.0 Å². The molecule has 0 aromatic rings. The summed E-state index contributed by atoms with van der Waals surface area (Å²) in [6.45, 7) is 0. The molecule has 0 atom stereocenters. The fourth-order valence-corrected chi connectivity index (χ4v) is 1.22. The molecule has 1 aliphatic carbocycles. The molecule has 0 heterocycles. The second-order valence-corrected chi connectivity index (χ2v) is 3.36. The molecule has 10 nitrogen and oxygen atoms in total. The van der Waals surface area contributed by atoms with Crippen molar-refractivity contribution < 1.29 is 51.1 Å². The maximum absolute atomic E-state index is 8.84. The van der Waals surface area contributed by atoms with E-state index >= 15 is 0 Å². The summed E-state index contributed by atoms with van der Waals surface area (Å²) in [7, 11) is 0. The van der Waals surface area contributed by atoms with E-state index in [1.807, 2.05) is 0 Å². The smallest absolute Gasteiger partial charge is 0.286 e. The van der Waals surface area contributed by atoms with Crippen molar-refractivity contribution >= 4 is 0 Å². The van der Waals surface area contributed by atoms with Crippen molar-refractivity contribution in [1.82, 2.24) is 0 Å². The summed E-state index contributed by atoms with van der Waals surface area (Å²) in [5.41, 5.74) is 0. The molecule has 90 valence electrons. The molecule has 0 aromatic heterocycles. The lowest BCUT2D eigenvalue weighted by molar-refractivity contribution is -0.452. The van der Waals surface area contributed by atoms with Crippen molar-refractivity contribution in [1.29, 1.82) is 0 Å². The van der Waals surface area contributed by atoms with Gasteiger partial charge in [-0.05, 0) is 0 Å². The highest BCUT2D eigenvalue weighted by Gasteiger charge is 2.91. The Morgan fingerprint density at radius 1 is 0.267 bits per heavy atom. The zero-order valence-electron chi connectivity index (χ0n) is 6.97. The zero-order chi connectivity index (χ0) is 12.5. The number of hydrogen-bond acceptors (Lipinski definition) is 10. The van der Waals surface area contributed by atoms with E-state index in [2.05, 4.69) is 0 Å². The summed E-state index contributed by atoms with van der Waals surface area (Å²) in [5, 5.41) is 88.4. The monoisotopic (exact) mass is 230 g/mol. The molecule has 1 fully saturated rings. The first-order chi connectivity index (χ1) is 6.25. The summed E-state index contributed by atoms with van der Waals surface area (Å²) >= 11 is 0. The lowest BCUT2D eigenvalue weighted by Crippen LogP contribution is -2.66. The molecule has 15 heavy (non-hydrogen) atoms. The molecule has 0 radical (unpaired) electrons. The highest BCUT2D eigenvalue weighted by atomic mass is 16.7. The molecule has 10 heteroatoms. The fourth-order valence-electron chi connectivity index (χ4n) is 1.22. The van der Waals surface area contributed by atoms with Crippen molar-refractivity contribution in [2.24, 2.45) is 0 Å². The van der Waals surface area contributed by atoms with Gasteiger partial charge < -0.3 is 51.1 Å². The topological polar surface area (TPSA) is 202 Å². The minimum Gasteiger partial charge on any atom is -0.357 e. The van der Waals surface area contributed by atoms with Crippen molar-refractivity contribution in [3.05, 3.63) is 0 Å². The number of rotatable bonds is 0. The van der Waals surface area contributed by atoms with Gasteiger partial charge in [0.15, 0.2) is 0 Å². The largest absolute Gasteiger partial charge is 0.357 e. The predicted octanol–water partition coefficient (Wildman–Crippen LogP) is -6.60. The Labute approximate surface area is 81.1 Å². The van der Waals surface area contributed by atoms with E-state index in [1.165, 1.54) is 0 Å². The third-order valence-electron chi connectivity index (χ3n) is 2.43. The van der Waals surface area contributed by atoms with Gasteiger partial charge in [-0.3, -0.25) is 0 Å². The van der Waals surface area contributed by atoms with Crippen LogP contribution >= 0.6 is 0 Å². The van der Waals surface area contributed by atoms with Gasteiger partial charge in [0, 0.05) is 0 Å². The first-order valence-corrected chi connectivity index (χ1v) is 3.49. The average Bonchev–Trinajstić information content (AvgIpc) is 2.04. The molecular weight excluding hydrogens is 220 g/mol. The SMILES string of the molecule is OC1(O)C(O)(O)C(O)(O)C(O)(O)C1(O)O. The molecule has 0 amide bonds. The van der Waals surface area contributed by atoms with Gasteiger partial charge in [-0.15, -0.1) is 0 Å². The van der Waals surface area contributed by atoms with Crippen LogP contribution in [0.5, 0.6) is 0 Å². The second-order valence-electron chi connectivity index (χ2n) is 3.36. The summed E-state index contributed by atoms with van der Waals surface area (Å²) in [6, 6.07) is 0. The van der Waals surface area contributed by atoms with Gasteiger partial charge in [0.1, 0.15) is 0 Å². The Hall–Kier alpha value is -0.400. The highest BCUT2D eigenvalue weighted by molar-refractivity contribution is 5.20. The van der Waals surface area contributed by atoms with E-state index < -0.39 is 28.9 Å². The maximum Gasteiger partial charge on any atom is 0.286 e. The third-order valence-corrected chi connectivity index (χ3v) is 2.43. The number of aliphatic hydroxyl groups is 10. The molecule has 1 aliphatic rings. The Kier molecular flexibility index (Phi) is 2.08. The van der Waals surface area contributed by atoms with E-state index in [1.54, 1.807) is 0 Å². The van der Waals surface area contributed by atoms with Crippen LogP contribution in [0.2, 0.25) is 0 Å². The Balaban J connectivity index is 3.55. The lowest BCUT2D eigenvalue weighted by Gasteiger charge is -2.34. The van der Waals surface area contributed by atoms with Crippen LogP contribution in [0.25, 0.3) is 0 Å². The quantitative estimate of drug-likeness (QED) is 0.178. The van der Waals surface area contributed by atoms with Gasteiger partial charge in [-0.2, -0.15) is 0 Å². The fraction of sp³-hybridized carbons (Fsp3) is 1.00. The molecule has 0 aromatic carbocycles. The molecule has 0 unspecified atom stereocenters. The number of hydrogen-bond donors (Lipinski definition) is 10. The van der Waals surface area contributed by atoms with E-state index in [9.17, 15) is 0 Å². The van der Waals surface area contributed by atoms with Gasteiger partial charge in [-0.1, -0.05) is 0 Å². The van der Waals surface area contributed by atoms with Crippen molar-refractivity contribution in [2.45, 2.75) is 28.9 Å². The molecular formula is C5H10O10. The van der Waals surface area contributed by atoms with E-state index in [4.69, 9.17) is 51.1 Å². The molecule has 0 saturated heterocycles. The van der Waals surface area contributed by atoms with Crippen molar-refractivity contribution in [2.75, 3.05) is 0 Å². The normalized spacial score (nSPS) is 34.0. The van der Waals surface area contributed by atoms with Gasteiger partial charge in [-0.25, -0.2) is 0 Å². The van der Waals surface area contributed by atoms with Crippen LogP contribution in [0.3, 0.4) is 0 Å². The van der Waals surface area contributed by atoms with Gasteiger partial charge >= 0.3 is 0 Å². The summed E-state index contributed by atoms with van der Waals surface area (Å²) in [4.78, 5) is 0. The Morgan fingerprint density at radius 2 is 0.333 bits per heavy atom. The van der Waals surface area contributed by atoms with Crippen molar-refractivity contribution in [3.8, 4) is 0 Å². The molecule has 1 rings (SSSR count). The van der Waals surface area contributed by atoms with E-state index in [0.717, 1.165) is 0 Å². The maximum atomic E-state index is 8.84. The van der Waals surface area contributed by atoms with Crippen LogP contribution in [0.4, 0.5) is 0 Å². The molecule has 1 saturated carbocycles. The molecule has 0 aliphatic heterocycles. The van der Waals surface area contributed by atoms with Crippen LogP contribution in [-0.2, 0) is 0 Å². The molecule has 10 N–H and O–H groups in total. The second kappa shape index (κ2) is 2.46. The van der Waals surface area contributed by atoms with Gasteiger partial charge in [0.2, 0.25) is 0 Å². The van der Waals surface area contributed by atoms with Crippen LogP contribution < -0.4 is 0 Å². The van der Waals surface area contributed by atoms with Crippen LogP contribution in [0, 0.1) is 0 Å². The minimum atomic E-state index is -4.42. The lowest BCUT2D eigenvalue weighted by atomic mass is 10.1. The summed E-state index contributed by atoms with van der Waals surface area (Å²) in [6.07, 6.45) is 0. The predicted molar refractivity (Wildman–Crippen MR) is 35.8 cm³/mol. The summed E-state index contributed by atoms with van der Waals surface area (Å²) < 4.78 is 0. The summed E-state index contributed by atoms with van der Waals surface area (Å²) in [5.74, 6) is -22.1. The standard InChI is InChI=1S/C5H10O10/c6-1(7)2(8,9)4(12,13)5(14,15)3(1,10)11/h6-15H. The van der Waals surface area contributed by atoms with E-state index in [-0.39, 0.29) is 0 Å². The molecule has 0 spiro atoms. The van der Waals surface area contributed by atoms with Crippen molar-refractivity contribution in [3.63, 3.8) is 0 Å². The van der Waals surface area contributed by atoms with Crippen LogP contribution in [0.15, 0.2) is 0 Å². The zero-order valence-corrected chi connectivity index (χ0v) is 6.97. The minimum absolute atomic E-state index is 4.42. The van der Waals surface area contributed by atoms with Crippen LogP contribution in [0.1, 0.15) is 0 Å².